The topological polar surface area (TPSA) is 61.6 Å². The van der Waals surface area contributed by atoms with Crippen molar-refractivity contribution in [2.45, 2.75) is 12.8 Å². The Labute approximate surface area is 206 Å². The minimum Gasteiger partial charge on any atom is -0.441 e. The molecule has 1 fully saturated rings. The van der Waals surface area contributed by atoms with Crippen LogP contribution < -0.4 is 10.2 Å². The third-order valence-corrected chi connectivity index (χ3v) is 6.57. The maximum Gasteiger partial charge on any atom is 0.317 e. The van der Waals surface area contributed by atoms with Gasteiger partial charge in [0.2, 0.25) is 0 Å². The van der Waals surface area contributed by atoms with Crippen molar-refractivity contribution in [3.05, 3.63) is 108 Å². The van der Waals surface area contributed by atoms with Crippen LogP contribution in [0.15, 0.2) is 95.5 Å². The van der Waals surface area contributed by atoms with Crippen molar-refractivity contribution in [2.75, 3.05) is 37.6 Å². The number of aromatic nitrogens is 1. The van der Waals surface area contributed by atoms with Crippen LogP contribution in [0, 0.1) is 6.92 Å². The van der Waals surface area contributed by atoms with Crippen molar-refractivity contribution < 1.29 is 9.21 Å². The Bertz CT molecular complexity index is 1190. The Morgan fingerprint density at radius 1 is 0.886 bits per heavy atom. The van der Waals surface area contributed by atoms with E-state index in [2.05, 4.69) is 63.7 Å². The van der Waals surface area contributed by atoms with Gasteiger partial charge in [0.1, 0.15) is 0 Å². The number of aryl methyl sites for hydroxylation is 1. The fraction of sp³-hybridized carbons (Fsp3) is 0.241. The Kier molecular flexibility index (Phi) is 6.80. The lowest BCUT2D eigenvalue weighted by Gasteiger charge is -2.36. The smallest absolute Gasteiger partial charge is 0.317 e. The molecule has 0 aliphatic carbocycles. The maximum atomic E-state index is 13.0. The normalized spacial score (nSPS) is 13.8. The standard InChI is InChI=1S/C29H30N4O2/c1-22-30-21-28(35-22)25-12-14-26(15-13-25)32-16-18-33(19-17-32)29(34)31-20-27(23-8-4-2-5-9-23)24-10-6-3-7-11-24/h2-15,21,27H,16-20H2,1H3,(H,31,34). The summed E-state index contributed by atoms with van der Waals surface area (Å²) in [5, 5.41) is 3.18. The molecule has 0 spiro atoms. The Balaban J connectivity index is 1.17. The second-order valence-corrected chi connectivity index (χ2v) is 8.82. The zero-order valence-corrected chi connectivity index (χ0v) is 19.9. The van der Waals surface area contributed by atoms with Gasteiger partial charge >= 0.3 is 6.03 Å². The molecule has 0 atom stereocenters. The van der Waals surface area contributed by atoms with Gasteiger partial charge in [0, 0.05) is 56.8 Å². The van der Waals surface area contributed by atoms with Gasteiger partial charge in [-0.3, -0.25) is 0 Å². The summed E-state index contributed by atoms with van der Waals surface area (Å²) >= 11 is 0. The summed E-state index contributed by atoms with van der Waals surface area (Å²) in [5.74, 6) is 1.56. The Hall–Kier alpha value is -4.06. The van der Waals surface area contributed by atoms with Gasteiger partial charge in [-0.05, 0) is 35.4 Å². The van der Waals surface area contributed by atoms with Gasteiger partial charge in [0.15, 0.2) is 11.7 Å². The molecule has 178 valence electrons. The second kappa shape index (κ2) is 10.5. The van der Waals surface area contributed by atoms with Gasteiger partial charge in [-0.15, -0.1) is 0 Å². The molecular formula is C29H30N4O2. The first kappa shape index (κ1) is 22.7. The van der Waals surface area contributed by atoms with Gasteiger partial charge < -0.3 is 19.5 Å². The minimum absolute atomic E-state index is 0.00227. The molecule has 0 radical (unpaired) electrons. The predicted octanol–water partition coefficient (Wildman–Crippen LogP) is 5.31. The zero-order valence-electron chi connectivity index (χ0n) is 19.9. The number of urea groups is 1. The van der Waals surface area contributed by atoms with E-state index in [4.69, 9.17) is 4.42 Å². The summed E-state index contributed by atoms with van der Waals surface area (Å²) in [5.41, 5.74) is 4.57. The lowest BCUT2D eigenvalue weighted by molar-refractivity contribution is 0.194. The third-order valence-electron chi connectivity index (χ3n) is 6.57. The van der Waals surface area contributed by atoms with Crippen molar-refractivity contribution in [1.82, 2.24) is 15.2 Å². The van der Waals surface area contributed by atoms with Gasteiger partial charge in [0.05, 0.1) is 6.20 Å². The van der Waals surface area contributed by atoms with E-state index in [1.165, 1.54) is 11.1 Å². The summed E-state index contributed by atoms with van der Waals surface area (Å²) < 4.78 is 5.62. The Morgan fingerprint density at radius 2 is 1.49 bits per heavy atom. The molecule has 6 nitrogen and oxygen atoms in total. The molecule has 6 heteroatoms. The number of anilines is 1. The van der Waals surface area contributed by atoms with Crippen LogP contribution in [0.2, 0.25) is 0 Å². The van der Waals surface area contributed by atoms with Crippen molar-refractivity contribution in [2.24, 2.45) is 0 Å². The molecule has 0 unspecified atom stereocenters. The Morgan fingerprint density at radius 3 is 2.03 bits per heavy atom. The molecule has 1 aliphatic rings. The minimum atomic E-state index is -0.00227. The highest BCUT2D eigenvalue weighted by atomic mass is 16.4. The quantitative estimate of drug-likeness (QED) is 0.418. The summed E-state index contributed by atoms with van der Waals surface area (Å²) in [6, 6.07) is 29.0. The number of piperazine rings is 1. The first-order chi connectivity index (χ1) is 17.2. The zero-order chi connectivity index (χ0) is 24.0. The van der Waals surface area contributed by atoms with Crippen molar-refractivity contribution in [1.29, 1.82) is 0 Å². The van der Waals surface area contributed by atoms with E-state index in [-0.39, 0.29) is 11.9 Å². The van der Waals surface area contributed by atoms with Crippen LogP contribution in [0.25, 0.3) is 11.3 Å². The fourth-order valence-corrected chi connectivity index (χ4v) is 4.60. The number of hydrogen-bond acceptors (Lipinski definition) is 4. The molecule has 2 heterocycles. The van der Waals surface area contributed by atoms with E-state index in [0.717, 1.165) is 30.1 Å². The largest absolute Gasteiger partial charge is 0.441 e. The van der Waals surface area contributed by atoms with Gasteiger partial charge in [0.25, 0.3) is 0 Å². The number of carbonyl (C=O) groups is 1. The van der Waals surface area contributed by atoms with Crippen LogP contribution in [-0.4, -0.2) is 48.6 Å². The molecule has 1 aromatic heterocycles. The number of hydrogen-bond donors (Lipinski definition) is 1. The third kappa shape index (κ3) is 5.38. The average molecular weight is 467 g/mol. The fourth-order valence-electron chi connectivity index (χ4n) is 4.60. The number of benzene rings is 3. The van der Waals surface area contributed by atoms with Gasteiger partial charge in [-0.2, -0.15) is 0 Å². The van der Waals surface area contributed by atoms with E-state index >= 15 is 0 Å². The summed E-state index contributed by atoms with van der Waals surface area (Å²) in [4.78, 5) is 21.4. The molecule has 1 N–H and O–H groups in total. The highest BCUT2D eigenvalue weighted by Crippen LogP contribution is 2.25. The number of nitrogens with one attached hydrogen (secondary N) is 1. The molecular weight excluding hydrogens is 436 g/mol. The molecule has 0 bridgehead atoms. The highest BCUT2D eigenvalue weighted by Gasteiger charge is 2.23. The van der Waals surface area contributed by atoms with Gasteiger partial charge in [-0.25, -0.2) is 9.78 Å². The number of carbonyl (C=O) groups excluding carboxylic acids is 1. The van der Waals surface area contributed by atoms with E-state index < -0.39 is 0 Å². The number of amides is 2. The number of oxazole rings is 1. The predicted molar refractivity (Wildman–Crippen MR) is 139 cm³/mol. The van der Waals surface area contributed by atoms with E-state index in [1.807, 2.05) is 48.2 Å². The molecule has 4 aromatic rings. The van der Waals surface area contributed by atoms with Crippen molar-refractivity contribution in [3.63, 3.8) is 0 Å². The van der Waals surface area contributed by atoms with Crippen LogP contribution >= 0.6 is 0 Å². The van der Waals surface area contributed by atoms with Crippen molar-refractivity contribution in [3.8, 4) is 11.3 Å². The molecule has 1 saturated heterocycles. The number of rotatable bonds is 6. The van der Waals surface area contributed by atoms with E-state index in [1.54, 1.807) is 6.20 Å². The molecule has 5 rings (SSSR count). The lowest BCUT2D eigenvalue weighted by atomic mass is 9.91. The molecule has 0 saturated carbocycles. The van der Waals surface area contributed by atoms with E-state index in [9.17, 15) is 4.79 Å². The van der Waals surface area contributed by atoms with Crippen LogP contribution in [0.5, 0.6) is 0 Å². The lowest BCUT2D eigenvalue weighted by Crippen LogP contribution is -2.52. The molecule has 3 aromatic carbocycles. The van der Waals surface area contributed by atoms with Crippen LogP contribution in [0.1, 0.15) is 22.9 Å². The molecule has 2 amide bonds. The first-order valence-corrected chi connectivity index (χ1v) is 12.1. The first-order valence-electron chi connectivity index (χ1n) is 12.1. The summed E-state index contributed by atoms with van der Waals surface area (Å²) in [7, 11) is 0. The molecule has 1 aliphatic heterocycles. The second-order valence-electron chi connectivity index (χ2n) is 8.82. The van der Waals surface area contributed by atoms with Crippen LogP contribution in [0.4, 0.5) is 10.5 Å². The number of nitrogens with zero attached hydrogens (tertiary/aromatic N) is 3. The SMILES string of the molecule is Cc1ncc(-c2ccc(N3CCN(C(=O)NCC(c4ccccc4)c4ccccc4)CC3)cc2)o1. The summed E-state index contributed by atoms with van der Waals surface area (Å²) in [6.45, 7) is 5.39. The van der Waals surface area contributed by atoms with E-state index in [0.29, 0.717) is 25.5 Å². The summed E-state index contributed by atoms with van der Waals surface area (Å²) in [6.07, 6.45) is 1.75. The van der Waals surface area contributed by atoms with Crippen LogP contribution in [0.3, 0.4) is 0 Å². The molecule has 35 heavy (non-hydrogen) atoms. The monoisotopic (exact) mass is 466 g/mol. The maximum absolute atomic E-state index is 13.0. The van der Waals surface area contributed by atoms with Crippen molar-refractivity contribution >= 4 is 11.7 Å². The van der Waals surface area contributed by atoms with Gasteiger partial charge in [-0.1, -0.05) is 60.7 Å². The van der Waals surface area contributed by atoms with Crippen LogP contribution in [-0.2, 0) is 0 Å². The highest BCUT2D eigenvalue weighted by molar-refractivity contribution is 5.75. The average Bonchev–Trinajstić information content (AvgIpc) is 3.36.